The van der Waals surface area contributed by atoms with Crippen LogP contribution >= 0.6 is 0 Å². The van der Waals surface area contributed by atoms with Crippen LogP contribution in [0.5, 0.6) is 0 Å². The van der Waals surface area contributed by atoms with Crippen LogP contribution in [0, 0.1) is 23.2 Å². The van der Waals surface area contributed by atoms with E-state index in [1.54, 1.807) is 0 Å². The van der Waals surface area contributed by atoms with Crippen molar-refractivity contribution in [2.24, 2.45) is 10.8 Å². The molecule has 0 amide bonds. The summed E-state index contributed by atoms with van der Waals surface area (Å²) in [5, 5.41) is 0. The lowest BCUT2D eigenvalue weighted by molar-refractivity contribution is -0.162. The van der Waals surface area contributed by atoms with Crippen LogP contribution in [-0.2, 0) is 9.53 Å². The van der Waals surface area contributed by atoms with Crippen molar-refractivity contribution in [3.05, 3.63) is 0 Å². The second kappa shape index (κ2) is 9.99. The molecule has 0 aromatic carbocycles. The zero-order valence-electron chi connectivity index (χ0n) is 18.2. The van der Waals surface area contributed by atoms with Gasteiger partial charge in [-0.2, -0.15) is 0 Å². The van der Waals surface area contributed by atoms with Gasteiger partial charge < -0.3 is 4.74 Å². The van der Waals surface area contributed by atoms with Gasteiger partial charge in [0, 0.05) is 5.41 Å². The summed E-state index contributed by atoms with van der Waals surface area (Å²) in [6, 6.07) is 0. The maximum absolute atomic E-state index is 12.3. The van der Waals surface area contributed by atoms with Crippen LogP contribution in [0.3, 0.4) is 0 Å². The smallest absolute Gasteiger partial charge is 0.312 e. The maximum Gasteiger partial charge on any atom is 0.312 e. The Morgan fingerprint density at radius 1 is 0.815 bits per heavy atom. The van der Waals surface area contributed by atoms with Crippen LogP contribution in [0.2, 0.25) is 0 Å². The lowest BCUT2D eigenvalue weighted by Crippen LogP contribution is -2.29. The average Bonchev–Trinajstić information content (AvgIpc) is 3.50. The zero-order chi connectivity index (χ0) is 19.8. The van der Waals surface area contributed by atoms with E-state index in [-0.39, 0.29) is 17.0 Å². The molecule has 0 aliphatic heterocycles. The number of terminal acetylenes is 1. The highest BCUT2D eigenvalue weighted by molar-refractivity contribution is 5.80. The second-order valence-corrected chi connectivity index (χ2v) is 10.2. The molecule has 0 spiro atoms. The summed E-state index contributed by atoms with van der Waals surface area (Å²) in [7, 11) is 0. The van der Waals surface area contributed by atoms with Gasteiger partial charge in [0.05, 0.1) is 5.41 Å². The number of rotatable bonds is 14. The summed E-state index contributed by atoms with van der Waals surface area (Å²) in [6.07, 6.45) is 25.8. The highest BCUT2D eigenvalue weighted by Crippen LogP contribution is 2.51. The first-order valence-corrected chi connectivity index (χ1v) is 11.5. The fraction of sp³-hybridized carbons (Fsp3) is 0.880. The third kappa shape index (κ3) is 8.28. The number of carbonyl (C=O) groups is 1. The van der Waals surface area contributed by atoms with E-state index >= 15 is 0 Å². The highest BCUT2D eigenvalue weighted by atomic mass is 16.6. The molecule has 2 nitrogen and oxygen atoms in total. The number of unbranched alkanes of at least 4 members (excludes halogenated alkanes) is 9. The molecular formula is C25H42O2. The molecule has 0 unspecified atom stereocenters. The summed E-state index contributed by atoms with van der Waals surface area (Å²) in [4.78, 5) is 12.3. The summed E-state index contributed by atoms with van der Waals surface area (Å²) in [5.41, 5.74) is -0.151. The second-order valence-electron chi connectivity index (χ2n) is 10.2. The van der Waals surface area contributed by atoms with Gasteiger partial charge in [-0.15, -0.1) is 6.42 Å². The van der Waals surface area contributed by atoms with Crippen LogP contribution < -0.4 is 0 Å². The molecule has 27 heavy (non-hydrogen) atoms. The molecule has 0 saturated heterocycles. The molecular weight excluding hydrogens is 332 g/mol. The Morgan fingerprint density at radius 2 is 1.26 bits per heavy atom. The van der Waals surface area contributed by atoms with E-state index < -0.39 is 0 Å². The minimum atomic E-state index is -0.354. The summed E-state index contributed by atoms with van der Waals surface area (Å²) < 4.78 is 5.60. The van der Waals surface area contributed by atoms with Gasteiger partial charge in [0.25, 0.3) is 0 Å². The monoisotopic (exact) mass is 374 g/mol. The SMILES string of the molecule is C#CC1(CCCCCCCCCCCCC2(C(=O)OC(C)(C)C)CC2)CC1. The van der Waals surface area contributed by atoms with Crippen LogP contribution in [0.25, 0.3) is 0 Å². The summed E-state index contributed by atoms with van der Waals surface area (Å²) in [6.45, 7) is 5.88. The first-order chi connectivity index (χ1) is 12.8. The molecule has 2 heteroatoms. The Morgan fingerprint density at radius 3 is 1.63 bits per heavy atom. The van der Waals surface area contributed by atoms with Crippen LogP contribution in [0.4, 0.5) is 0 Å². The molecule has 0 N–H and O–H groups in total. The summed E-state index contributed by atoms with van der Waals surface area (Å²) in [5.74, 6) is 3.04. The lowest BCUT2D eigenvalue weighted by atomic mass is 9.96. The molecule has 154 valence electrons. The van der Waals surface area contributed by atoms with E-state index in [4.69, 9.17) is 11.2 Å². The molecule has 2 saturated carbocycles. The molecule has 0 radical (unpaired) electrons. The fourth-order valence-corrected chi connectivity index (χ4v) is 4.05. The molecule has 2 fully saturated rings. The maximum atomic E-state index is 12.3. The molecule has 2 aliphatic carbocycles. The van der Waals surface area contributed by atoms with E-state index in [2.05, 4.69) is 5.92 Å². The van der Waals surface area contributed by atoms with E-state index in [1.807, 2.05) is 20.8 Å². The number of esters is 1. The topological polar surface area (TPSA) is 26.3 Å². The van der Waals surface area contributed by atoms with Gasteiger partial charge in [0.2, 0.25) is 0 Å². The van der Waals surface area contributed by atoms with Crippen molar-refractivity contribution in [1.82, 2.24) is 0 Å². The Kier molecular flexibility index (Phi) is 8.26. The van der Waals surface area contributed by atoms with Crippen molar-refractivity contribution < 1.29 is 9.53 Å². The van der Waals surface area contributed by atoms with E-state index in [1.165, 1.54) is 83.5 Å². The van der Waals surface area contributed by atoms with Crippen LogP contribution in [-0.4, -0.2) is 11.6 Å². The number of carbonyl (C=O) groups excluding carboxylic acids is 1. The van der Waals surface area contributed by atoms with Crippen molar-refractivity contribution in [3.63, 3.8) is 0 Å². The molecule has 0 bridgehead atoms. The molecule has 2 rings (SSSR count). The van der Waals surface area contributed by atoms with Gasteiger partial charge in [-0.05, 0) is 59.3 Å². The van der Waals surface area contributed by atoms with Gasteiger partial charge >= 0.3 is 5.97 Å². The molecule has 0 aromatic rings. The molecule has 0 atom stereocenters. The molecule has 2 aliphatic rings. The highest BCUT2D eigenvalue weighted by Gasteiger charge is 2.51. The predicted octanol–water partition coefficient (Wildman–Crippen LogP) is 7.20. The van der Waals surface area contributed by atoms with E-state index in [9.17, 15) is 4.79 Å². The van der Waals surface area contributed by atoms with Gasteiger partial charge in [0.15, 0.2) is 0 Å². The number of hydrogen-bond donors (Lipinski definition) is 0. The normalized spacial score (nSPS) is 19.3. The van der Waals surface area contributed by atoms with Crippen LogP contribution in [0.1, 0.15) is 124 Å². The van der Waals surface area contributed by atoms with Gasteiger partial charge in [-0.25, -0.2) is 0 Å². The zero-order valence-corrected chi connectivity index (χ0v) is 18.2. The molecule has 0 heterocycles. The third-order valence-electron chi connectivity index (χ3n) is 6.41. The predicted molar refractivity (Wildman–Crippen MR) is 113 cm³/mol. The van der Waals surface area contributed by atoms with E-state index in [0.717, 1.165) is 19.3 Å². The Bertz CT molecular complexity index is 497. The third-order valence-corrected chi connectivity index (χ3v) is 6.41. The minimum absolute atomic E-state index is 0.0462. The number of hydrogen-bond acceptors (Lipinski definition) is 2. The van der Waals surface area contributed by atoms with Gasteiger partial charge in [-0.3, -0.25) is 4.79 Å². The quantitative estimate of drug-likeness (QED) is 0.182. The average molecular weight is 375 g/mol. The van der Waals surface area contributed by atoms with Crippen molar-refractivity contribution in [3.8, 4) is 12.3 Å². The Labute approximate surface area is 168 Å². The van der Waals surface area contributed by atoms with Crippen molar-refractivity contribution in [2.45, 2.75) is 129 Å². The van der Waals surface area contributed by atoms with Crippen molar-refractivity contribution >= 4 is 5.97 Å². The first kappa shape index (κ1) is 22.3. The standard InChI is InChI=1S/C25H42O2/c1-5-24(18-19-24)16-14-12-10-8-6-7-9-11-13-15-17-25(20-21-25)22(26)27-23(2,3)4/h1H,6-21H2,2-4H3. The first-order valence-electron chi connectivity index (χ1n) is 11.5. The lowest BCUT2D eigenvalue weighted by Gasteiger charge is -2.23. The summed E-state index contributed by atoms with van der Waals surface area (Å²) >= 11 is 0. The Hall–Kier alpha value is -0.970. The fourth-order valence-electron chi connectivity index (χ4n) is 4.05. The molecule has 0 aromatic heterocycles. The Balaban J connectivity index is 1.37. The number of ether oxygens (including phenoxy) is 1. The van der Waals surface area contributed by atoms with E-state index in [0.29, 0.717) is 5.41 Å². The van der Waals surface area contributed by atoms with Crippen molar-refractivity contribution in [1.29, 1.82) is 0 Å². The largest absolute Gasteiger partial charge is 0.460 e. The van der Waals surface area contributed by atoms with Gasteiger partial charge in [0.1, 0.15) is 5.60 Å². The van der Waals surface area contributed by atoms with Gasteiger partial charge in [-0.1, -0.05) is 70.1 Å². The minimum Gasteiger partial charge on any atom is -0.460 e. The van der Waals surface area contributed by atoms with Crippen molar-refractivity contribution in [2.75, 3.05) is 0 Å². The van der Waals surface area contributed by atoms with Crippen LogP contribution in [0.15, 0.2) is 0 Å².